The first-order valence-corrected chi connectivity index (χ1v) is 11.0. The van der Waals surface area contributed by atoms with Gasteiger partial charge in [0.2, 0.25) is 0 Å². The van der Waals surface area contributed by atoms with Gasteiger partial charge in [-0.25, -0.2) is 14.8 Å². The van der Waals surface area contributed by atoms with Crippen LogP contribution in [0.5, 0.6) is 0 Å². The fraction of sp³-hybridized carbons (Fsp3) is 0.500. The first-order valence-electron chi connectivity index (χ1n) is 10.2. The molecule has 3 N–H and O–H groups in total. The lowest BCUT2D eigenvalue weighted by Gasteiger charge is -2.19. The SMILES string of the molecule is CCNC(=NCc1nc(C)c(C)s1)NCCc1ccc(NC(=O)OC(C)(C)C)cc1.I. The van der Waals surface area contributed by atoms with E-state index in [1.807, 2.05) is 58.9 Å². The topological polar surface area (TPSA) is 87.6 Å². The largest absolute Gasteiger partial charge is 0.444 e. The Kier molecular flexibility index (Phi) is 11.3. The van der Waals surface area contributed by atoms with Crippen LogP contribution < -0.4 is 16.0 Å². The Balaban J connectivity index is 0.00000480. The van der Waals surface area contributed by atoms with Crippen molar-refractivity contribution in [2.24, 2.45) is 4.99 Å². The number of aryl methyl sites for hydroxylation is 2. The normalized spacial score (nSPS) is 11.5. The number of ether oxygens (including phenoxy) is 1. The highest BCUT2D eigenvalue weighted by molar-refractivity contribution is 14.0. The third-order valence-corrected chi connectivity index (χ3v) is 5.15. The zero-order chi connectivity index (χ0) is 22.1. The van der Waals surface area contributed by atoms with Crippen molar-refractivity contribution in [3.63, 3.8) is 0 Å². The van der Waals surface area contributed by atoms with Crippen LogP contribution in [0.4, 0.5) is 10.5 Å². The third-order valence-electron chi connectivity index (χ3n) is 4.09. The Morgan fingerprint density at radius 3 is 2.39 bits per heavy atom. The summed E-state index contributed by atoms with van der Waals surface area (Å²) in [5, 5.41) is 10.4. The molecule has 0 aliphatic heterocycles. The molecule has 0 spiro atoms. The lowest BCUT2D eigenvalue weighted by Crippen LogP contribution is -2.38. The summed E-state index contributed by atoms with van der Waals surface area (Å²) in [6.07, 6.45) is 0.390. The van der Waals surface area contributed by atoms with Crippen molar-refractivity contribution in [2.45, 2.75) is 60.1 Å². The van der Waals surface area contributed by atoms with E-state index in [1.54, 1.807) is 11.3 Å². The number of amides is 1. The van der Waals surface area contributed by atoms with Crippen LogP contribution in [0.3, 0.4) is 0 Å². The predicted molar refractivity (Wildman–Crippen MR) is 140 cm³/mol. The van der Waals surface area contributed by atoms with E-state index in [-0.39, 0.29) is 24.0 Å². The minimum Gasteiger partial charge on any atom is -0.444 e. The number of anilines is 1. The summed E-state index contributed by atoms with van der Waals surface area (Å²) in [4.78, 5) is 22.2. The summed E-state index contributed by atoms with van der Waals surface area (Å²) in [6.45, 7) is 13.8. The van der Waals surface area contributed by atoms with Crippen molar-refractivity contribution < 1.29 is 9.53 Å². The number of halogens is 1. The molecule has 1 amide bonds. The molecule has 0 aliphatic carbocycles. The Bertz CT molecular complexity index is 840. The van der Waals surface area contributed by atoms with Crippen LogP contribution in [0.2, 0.25) is 0 Å². The van der Waals surface area contributed by atoms with Crippen LogP contribution in [0, 0.1) is 13.8 Å². The molecular weight excluding hydrogens is 525 g/mol. The number of thiazole rings is 1. The van der Waals surface area contributed by atoms with Crippen LogP contribution in [0.1, 0.15) is 48.8 Å². The van der Waals surface area contributed by atoms with Gasteiger partial charge in [-0.15, -0.1) is 35.3 Å². The van der Waals surface area contributed by atoms with Gasteiger partial charge in [0.1, 0.15) is 10.6 Å². The number of nitrogens with one attached hydrogen (secondary N) is 3. The summed E-state index contributed by atoms with van der Waals surface area (Å²) >= 11 is 1.69. The first kappa shape index (κ1) is 27.2. The molecule has 0 saturated carbocycles. The third kappa shape index (κ3) is 10.3. The second-order valence-corrected chi connectivity index (χ2v) is 9.23. The molecule has 0 atom stereocenters. The molecule has 1 heterocycles. The van der Waals surface area contributed by atoms with E-state index >= 15 is 0 Å². The molecule has 31 heavy (non-hydrogen) atoms. The molecule has 0 radical (unpaired) electrons. The molecular formula is C22H34IN5O2S. The van der Waals surface area contributed by atoms with Crippen molar-refractivity contribution in [1.29, 1.82) is 0 Å². The standard InChI is InChI=1S/C22H33N5O2S.HI/c1-7-23-20(25-14-19-26-15(2)16(3)30-19)24-13-12-17-8-10-18(11-9-17)27-21(28)29-22(4,5)6;/h8-11H,7,12-14H2,1-6H3,(H,27,28)(H2,23,24,25);1H. The van der Waals surface area contributed by atoms with Gasteiger partial charge in [0.05, 0.1) is 12.2 Å². The van der Waals surface area contributed by atoms with Gasteiger partial charge < -0.3 is 15.4 Å². The highest BCUT2D eigenvalue weighted by atomic mass is 127. The quantitative estimate of drug-likeness (QED) is 0.252. The Morgan fingerprint density at radius 2 is 1.84 bits per heavy atom. The number of guanidine groups is 1. The minimum atomic E-state index is -0.515. The van der Waals surface area contributed by atoms with Crippen molar-refractivity contribution in [3.05, 3.63) is 45.4 Å². The molecule has 1 aromatic carbocycles. The molecule has 0 unspecified atom stereocenters. The maximum Gasteiger partial charge on any atom is 0.412 e. The van der Waals surface area contributed by atoms with E-state index in [0.717, 1.165) is 36.2 Å². The number of benzene rings is 1. The molecule has 2 rings (SSSR count). The highest BCUT2D eigenvalue weighted by Crippen LogP contribution is 2.17. The molecule has 0 fully saturated rings. The number of hydrogen-bond acceptors (Lipinski definition) is 5. The van der Waals surface area contributed by atoms with E-state index in [1.165, 1.54) is 10.4 Å². The Hall–Kier alpha value is -1.88. The van der Waals surface area contributed by atoms with E-state index in [2.05, 4.69) is 32.9 Å². The van der Waals surface area contributed by atoms with Gasteiger partial charge in [0.25, 0.3) is 0 Å². The minimum absolute atomic E-state index is 0. The van der Waals surface area contributed by atoms with Crippen molar-refractivity contribution >= 4 is 53.1 Å². The van der Waals surface area contributed by atoms with Gasteiger partial charge in [-0.2, -0.15) is 0 Å². The smallest absolute Gasteiger partial charge is 0.412 e. The van der Waals surface area contributed by atoms with Gasteiger partial charge >= 0.3 is 6.09 Å². The van der Waals surface area contributed by atoms with Crippen molar-refractivity contribution in [1.82, 2.24) is 15.6 Å². The Morgan fingerprint density at radius 1 is 1.16 bits per heavy atom. The molecule has 172 valence electrons. The van der Waals surface area contributed by atoms with E-state index < -0.39 is 11.7 Å². The van der Waals surface area contributed by atoms with E-state index in [4.69, 9.17) is 4.74 Å². The van der Waals surface area contributed by atoms with Gasteiger partial charge in [-0.3, -0.25) is 5.32 Å². The summed E-state index contributed by atoms with van der Waals surface area (Å²) in [7, 11) is 0. The fourth-order valence-electron chi connectivity index (χ4n) is 2.60. The first-order chi connectivity index (χ1) is 14.2. The maximum atomic E-state index is 11.8. The van der Waals surface area contributed by atoms with Crippen LogP contribution in [-0.2, 0) is 17.7 Å². The van der Waals surface area contributed by atoms with Gasteiger partial charge in [0, 0.05) is 23.7 Å². The van der Waals surface area contributed by atoms with Gasteiger partial charge in [-0.1, -0.05) is 12.1 Å². The highest BCUT2D eigenvalue weighted by Gasteiger charge is 2.16. The van der Waals surface area contributed by atoms with E-state index in [9.17, 15) is 4.79 Å². The number of carbonyl (C=O) groups is 1. The summed E-state index contributed by atoms with van der Waals surface area (Å²) in [6, 6.07) is 7.76. The zero-order valence-electron chi connectivity index (χ0n) is 19.2. The lowest BCUT2D eigenvalue weighted by atomic mass is 10.1. The van der Waals surface area contributed by atoms with Crippen molar-refractivity contribution in [2.75, 3.05) is 18.4 Å². The van der Waals surface area contributed by atoms with Crippen LogP contribution in [0.15, 0.2) is 29.3 Å². The van der Waals surface area contributed by atoms with Crippen LogP contribution >= 0.6 is 35.3 Å². The average molecular weight is 560 g/mol. The molecule has 7 nitrogen and oxygen atoms in total. The Labute approximate surface area is 206 Å². The van der Waals surface area contributed by atoms with Gasteiger partial charge in [0.15, 0.2) is 5.96 Å². The molecule has 1 aromatic heterocycles. The number of hydrogen-bond donors (Lipinski definition) is 3. The number of nitrogens with zero attached hydrogens (tertiary/aromatic N) is 2. The second-order valence-electron chi connectivity index (χ2n) is 7.94. The summed E-state index contributed by atoms with van der Waals surface area (Å²) < 4.78 is 5.26. The molecule has 0 bridgehead atoms. The lowest BCUT2D eigenvalue weighted by molar-refractivity contribution is 0.0636. The molecule has 0 saturated heterocycles. The maximum absolute atomic E-state index is 11.8. The molecule has 9 heteroatoms. The van der Waals surface area contributed by atoms with Crippen LogP contribution in [-0.4, -0.2) is 35.7 Å². The number of rotatable bonds is 7. The van der Waals surface area contributed by atoms with E-state index in [0.29, 0.717) is 12.2 Å². The monoisotopic (exact) mass is 559 g/mol. The summed E-state index contributed by atoms with van der Waals surface area (Å²) in [5.41, 5.74) is 2.44. The predicted octanol–water partition coefficient (Wildman–Crippen LogP) is 5.02. The fourth-order valence-corrected chi connectivity index (χ4v) is 3.46. The van der Waals surface area contributed by atoms with Gasteiger partial charge in [-0.05, 0) is 65.7 Å². The van der Waals surface area contributed by atoms with Crippen LogP contribution in [0.25, 0.3) is 0 Å². The number of aromatic nitrogens is 1. The molecule has 2 aromatic rings. The molecule has 0 aliphatic rings. The summed E-state index contributed by atoms with van der Waals surface area (Å²) in [5.74, 6) is 0.784. The number of carbonyl (C=O) groups excluding carboxylic acids is 1. The zero-order valence-corrected chi connectivity index (χ0v) is 22.3. The second kappa shape index (κ2) is 12.8. The number of aliphatic imine (C=N–C) groups is 1. The average Bonchev–Trinajstić information content (AvgIpc) is 2.97. The van der Waals surface area contributed by atoms with Crippen molar-refractivity contribution in [3.8, 4) is 0 Å².